The van der Waals surface area contributed by atoms with Gasteiger partial charge in [0.15, 0.2) is 11.6 Å². The third kappa shape index (κ3) is 3.40. The number of hydrogen-bond donors (Lipinski definition) is 0. The van der Waals surface area contributed by atoms with Crippen molar-refractivity contribution in [3.63, 3.8) is 0 Å². The van der Waals surface area contributed by atoms with Crippen molar-refractivity contribution in [1.82, 2.24) is 0 Å². The molecule has 0 aliphatic heterocycles. The van der Waals surface area contributed by atoms with Crippen LogP contribution in [0.2, 0.25) is 0 Å². The summed E-state index contributed by atoms with van der Waals surface area (Å²) in [5.41, 5.74) is 2.48. The second-order valence-corrected chi connectivity index (χ2v) is 6.48. The number of aryl methyl sites for hydroxylation is 1. The lowest BCUT2D eigenvalue weighted by molar-refractivity contribution is 0.0917. The van der Waals surface area contributed by atoms with Crippen molar-refractivity contribution in [2.45, 2.75) is 26.2 Å². The number of fused-ring (bicyclic) bond motifs is 1. The van der Waals surface area contributed by atoms with Gasteiger partial charge >= 0.3 is 0 Å². The fourth-order valence-corrected chi connectivity index (χ4v) is 3.52. The number of benzene rings is 2. The predicted molar refractivity (Wildman–Crippen MR) is 95.5 cm³/mol. The molecule has 0 unspecified atom stereocenters. The monoisotopic (exact) mass is 322 g/mol. The normalized spacial score (nSPS) is 10.8. The quantitative estimate of drug-likeness (QED) is 0.576. The van der Waals surface area contributed by atoms with Crippen molar-refractivity contribution in [1.29, 1.82) is 0 Å². The Hall–Kier alpha value is -2.26. The van der Waals surface area contributed by atoms with E-state index >= 15 is 0 Å². The molecule has 116 valence electrons. The van der Waals surface area contributed by atoms with E-state index in [4.69, 9.17) is 0 Å². The molecule has 0 saturated carbocycles. The molecule has 3 aromatic rings. The van der Waals surface area contributed by atoms with E-state index in [1.165, 1.54) is 4.70 Å². The van der Waals surface area contributed by atoms with Crippen LogP contribution in [0, 0.1) is 0 Å². The zero-order valence-corrected chi connectivity index (χ0v) is 13.9. The van der Waals surface area contributed by atoms with Crippen molar-refractivity contribution in [2.75, 3.05) is 0 Å². The van der Waals surface area contributed by atoms with Gasteiger partial charge in [0.1, 0.15) is 0 Å². The Morgan fingerprint density at radius 3 is 2.57 bits per heavy atom. The first-order chi connectivity index (χ1) is 11.2. The first-order valence-corrected chi connectivity index (χ1v) is 8.68. The van der Waals surface area contributed by atoms with E-state index in [1.807, 2.05) is 60.8 Å². The SMILES string of the molecule is CCc1ccccc1C(=O)CCC(=O)c1ccc2sccc2c1. The van der Waals surface area contributed by atoms with Crippen molar-refractivity contribution < 1.29 is 9.59 Å². The molecule has 2 nitrogen and oxygen atoms in total. The van der Waals surface area contributed by atoms with Crippen LogP contribution in [-0.2, 0) is 6.42 Å². The van der Waals surface area contributed by atoms with E-state index in [0.29, 0.717) is 5.56 Å². The third-order valence-electron chi connectivity index (χ3n) is 4.05. The molecule has 0 saturated heterocycles. The molecule has 0 amide bonds. The Kier molecular flexibility index (Phi) is 4.68. The molecule has 0 spiro atoms. The van der Waals surface area contributed by atoms with E-state index in [2.05, 4.69) is 0 Å². The van der Waals surface area contributed by atoms with E-state index in [9.17, 15) is 9.59 Å². The largest absolute Gasteiger partial charge is 0.294 e. The Morgan fingerprint density at radius 1 is 0.957 bits per heavy atom. The van der Waals surface area contributed by atoms with Crippen molar-refractivity contribution >= 4 is 33.0 Å². The lowest BCUT2D eigenvalue weighted by Gasteiger charge is -2.06. The molecule has 0 N–H and O–H groups in total. The highest BCUT2D eigenvalue weighted by Gasteiger charge is 2.13. The summed E-state index contributed by atoms with van der Waals surface area (Å²) in [5.74, 6) is 0.0767. The average Bonchev–Trinajstić information content (AvgIpc) is 3.06. The summed E-state index contributed by atoms with van der Waals surface area (Å²) >= 11 is 1.66. The highest BCUT2D eigenvalue weighted by Crippen LogP contribution is 2.23. The summed E-state index contributed by atoms with van der Waals surface area (Å²) in [7, 11) is 0. The predicted octanol–water partition coefficient (Wildman–Crippen LogP) is 5.31. The van der Waals surface area contributed by atoms with Gasteiger partial charge in [-0.2, -0.15) is 0 Å². The van der Waals surface area contributed by atoms with Gasteiger partial charge in [0.2, 0.25) is 0 Å². The maximum atomic E-state index is 12.4. The summed E-state index contributed by atoms with van der Waals surface area (Å²) in [5, 5.41) is 3.10. The number of hydrogen-bond acceptors (Lipinski definition) is 3. The number of carbonyl (C=O) groups is 2. The van der Waals surface area contributed by atoms with E-state index in [-0.39, 0.29) is 24.4 Å². The topological polar surface area (TPSA) is 34.1 Å². The van der Waals surface area contributed by atoms with Crippen LogP contribution in [0.4, 0.5) is 0 Å². The zero-order valence-electron chi connectivity index (χ0n) is 13.0. The highest BCUT2D eigenvalue weighted by molar-refractivity contribution is 7.17. The second-order valence-electron chi connectivity index (χ2n) is 5.53. The van der Waals surface area contributed by atoms with Gasteiger partial charge in [0.25, 0.3) is 0 Å². The van der Waals surface area contributed by atoms with Crippen LogP contribution in [0.3, 0.4) is 0 Å². The third-order valence-corrected chi connectivity index (χ3v) is 4.95. The summed E-state index contributed by atoms with van der Waals surface area (Å²) < 4.78 is 1.18. The molecule has 0 bridgehead atoms. The molecule has 0 aliphatic rings. The molecule has 0 aliphatic carbocycles. The van der Waals surface area contributed by atoms with Gasteiger partial charge in [-0.1, -0.05) is 31.2 Å². The number of thiophene rings is 1. The molecule has 1 aromatic heterocycles. The van der Waals surface area contributed by atoms with Crippen molar-refractivity contribution in [3.8, 4) is 0 Å². The first kappa shape index (κ1) is 15.6. The Bertz CT molecular complexity index is 861. The van der Waals surface area contributed by atoms with Gasteiger partial charge in [-0.3, -0.25) is 9.59 Å². The summed E-state index contributed by atoms with van der Waals surface area (Å²) in [6, 6.07) is 15.4. The smallest absolute Gasteiger partial charge is 0.163 e. The number of rotatable bonds is 6. The molecule has 3 heteroatoms. The molecule has 2 aromatic carbocycles. The average molecular weight is 322 g/mol. The van der Waals surface area contributed by atoms with Crippen LogP contribution in [0.25, 0.3) is 10.1 Å². The minimum Gasteiger partial charge on any atom is -0.294 e. The minimum absolute atomic E-state index is 0.0282. The first-order valence-electron chi connectivity index (χ1n) is 7.80. The van der Waals surface area contributed by atoms with Gasteiger partial charge in [-0.25, -0.2) is 0 Å². The van der Waals surface area contributed by atoms with E-state index in [0.717, 1.165) is 22.9 Å². The van der Waals surface area contributed by atoms with Crippen LogP contribution in [0.1, 0.15) is 46.0 Å². The van der Waals surface area contributed by atoms with Gasteiger partial charge in [-0.15, -0.1) is 11.3 Å². The number of Topliss-reactive ketones (excluding diaryl/α,β-unsaturated/α-hetero) is 2. The minimum atomic E-state index is 0.0282. The van der Waals surface area contributed by atoms with Crippen LogP contribution < -0.4 is 0 Å². The molecule has 23 heavy (non-hydrogen) atoms. The standard InChI is InChI=1S/C20H18O2S/c1-2-14-5-3-4-6-17(14)19(22)9-8-18(21)15-7-10-20-16(13-15)11-12-23-20/h3-7,10-13H,2,8-9H2,1H3. The molecule has 3 rings (SSSR count). The van der Waals surface area contributed by atoms with Gasteiger partial charge < -0.3 is 0 Å². The van der Waals surface area contributed by atoms with Crippen LogP contribution in [-0.4, -0.2) is 11.6 Å². The molecule has 0 atom stereocenters. The molecular formula is C20H18O2S. The Balaban J connectivity index is 1.69. The number of carbonyl (C=O) groups excluding carboxylic acids is 2. The Morgan fingerprint density at radius 2 is 1.74 bits per heavy atom. The van der Waals surface area contributed by atoms with Gasteiger partial charge in [0, 0.05) is 28.7 Å². The van der Waals surface area contributed by atoms with E-state index in [1.54, 1.807) is 11.3 Å². The lowest BCUT2D eigenvalue weighted by atomic mass is 9.97. The second kappa shape index (κ2) is 6.88. The summed E-state index contributed by atoms with van der Waals surface area (Å²) in [6.07, 6.45) is 1.34. The fourth-order valence-electron chi connectivity index (χ4n) is 2.75. The summed E-state index contributed by atoms with van der Waals surface area (Å²) in [4.78, 5) is 24.7. The Labute approximate surface area is 139 Å². The van der Waals surface area contributed by atoms with Crippen LogP contribution in [0.5, 0.6) is 0 Å². The van der Waals surface area contributed by atoms with Crippen molar-refractivity contribution in [2.24, 2.45) is 0 Å². The van der Waals surface area contributed by atoms with Gasteiger partial charge in [0.05, 0.1) is 0 Å². The maximum Gasteiger partial charge on any atom is 0.163 e. The van der Waals surface area contributed by atoms with Crippen LogP contribution in [0.15, 0.2) is 53.9 Å². The summed E-state index contributed by atoms with van der Waals surface area (Å²) in [6.45, 7) is 2.04. The van der Waals surface area contributed by atoms with Crippen LogP contribution >= 0.6 is 11.3 Å². The zero-order chi connectivity index (χ0) is 16.2. The van der Waals surface area contributed by atoms with Gasteiger partial charge in [-0.05, 0) is 47.0 Å². The maximum absolute atomic E-state index is 12.4. The molecular weight excluding hydrogens is 304 g/mol. The fraction of sp³-hybridized carbons (Fsp3) is 0.200. The van der Waals surface area contributed by atoms with E-state index < -0.39 is 0 Å². The highest BCUT2D eigenvalue weighted by atomic mass is 32.1. The molecule has 1 heterocycles. The molecule has 0 radical (unpaired) electrons. The molecule has 0 fully saturated rings. The lowest BCUT2D eigenvalue weighted by Crippen LogP contribution is -2.07. The number of ketones is 2. The van der Waals surface area contributed by atoms with Crippen molar-refractivity contribution in [3.05, 3.63) is 70.6 Å².